The maximum atomic E-state index is 10.6. The first-order valence-electron chi connectivity index (χ1n) is 4.66. The van der Waals surface area contributed by atoms with Gasteiger partial charge in [-0.2, -0.15) is 25.3 Å². The zero-order valence-electron chi connectivity index (χ0n) is 8.63. The van der Waals surface area contributed by atoms with Crippen molar-refractivity contribution < 1.29 is 19.4 Å². The number of ether oxygens (including phenoxy) is 1. The summed E-state index contributed by atoms with van der Waals surface area (Å²) in [6.07, 6.45) is -0.457. The van der Waals surface area contributed by atoms with E-state index in [-0.39, 0.29) is 5.75 Å². The molecule has 2 atom stereocenters. The average Bonchev–Trinajstić information content (AvgIpc) is 2.27. The maximum Gasteiger partial charge on any atom is 0.321 e. The van der Waals surface area contributed by atoms with E-state index in [1.807, 2.05) is 0 Å². The Morgan fingerprint density at radius 2 is 1.94 bits per heavy atom. The van der Waals surface area contributed by atoms with Gasteiger partial charge in [0, 0.05) is 24.6 Å². The molecule has 0 aliphatic rings. The summed E-state index contributed by atoms with van der Waals surface area (Å²) < 4.78 is 4.64. The van der Waals surface area contributed by atoms with Crippen molar-refractivity contribution in [1.29, 1.82) is 0 Å². The number of hydrogen-bond donors (Lipinski definition) is 5. The number of carbonyl (C=O) groups is 2. The molecule has 0 heterocycles. The van der Waals surface area contributed by atoms with Crippen LogP contribution in [0, 0.1) is 0 Å². The van der Waals surface area contributed by atoms with Crippen LogP contribution < -0.4 is 10.6 Å². The highest BCUT2D eigenvalue weighted by molar-refractivity contribution is 7.80. The lowest BCUT2D eigenvalue weighted by atomic mass is 10.3. The van der Waals surface area contributed by atoms with Crippen molar-refractivity contribution in [2.45, 2.75) is 12.3 Å². The van der Waals surface area contributed by atoms with Crippen molar-refractivity contribution in [3.8, 4) is 0 Å². The van der Waals surface area contributed by atoms with Gasteiger partial charge in [-0.25, -0.2) is 0 Å². The fourth-order valence-corrected chi connectivity index (χ4v) is 1.43. The molecule has 0 rings (SSSR count). The Morgan fingerprint density at radius 3 is 2.38 bits per heavy atom. The van der Waals surface area contributed by atoms with Crippen LogP contribution in [0.3, 0.4) is 0 Å². The zero-order valence-corrected chi connectivity index (χ0v) is 10.4. The average molecular weight is 268 g/mol. The summed E-state index contributed by atoms with van der Waals surface area (Å²) in [7, 11) is 0. The van der Waals surface area contributed by atoms with Crippen LogP contribution in [-0.2, 0) is 14.3 Å². The highest BCUT2D eigenvalue weighted by Gasteiger charge is 2.13. The monoisotopic (exact) mass is 268 g/mol. The van der Waals surface area contributed by atoms with Gasteiger partial charge in [0.25, 0.3) is 6.47 Å². The topological polar surface area (TPSA) is 87.7 Å². The van der Waals surface area contributed by atoms with Gasteiger partial charge in [0.2, 0.25) is 0 Å². The van der Waals surface area contributed by atoms with Gasteiger partial charge in [0.05, 0.1) is 0 Å². The maximum absolute atomic E-state index is 10.6. The smallest absolute Gasteiger partial charge is 0.321 e. The van der Waals surface area contributed by atoms with Gasteiger partial charge >= 0.3 is 5.97 Å². The first-order chi connectivity index (χ1) is 7.65. The summed E-state index contributed by atoms with van der Waals surface area (Å²) in [5, 5.41) is 14.4. The van der Waals surface area contributed by atoms with Gasteiger partial charge in [-0.05, 0) is 0 Å². The van der Waals surface area contributed by atoms with E-state index in [9.17, 15) is 9.59 Å². The third kappa shape index (κ3) is 6.94. The van der Waals surface area contributed by atoms with E-state index in [1.54, 1.807) is 0 Å². The molecule has 8 heteroatoms. The van der Waals surface area contributed by atoms with E-state index in [1.165, 1.54) is 0 Å². The van der Waals surface area contributed by atoms with Crippen molar-refractivity contribution in [2.75, 3.05) is 24.6 Å². The van der Waals surface area contributed by atoms with Gasteiger partial charge in [-0.1, -0.05) is 0 Å². The van der Waals surface area contributed by atoms with Crippen LogP contribution in [0.15, 0.2) is 0 Å². The molecule has 0 aromatic carbocycles. The van der Waals surface area contributed by atoms with E-state index in [2.05, 4.69) is 40.6 Å². The molecule has 16 heavy (non-hydrogen) atoms. The van der Waals surface area contributed by atoms with Crippen molar-refractivity contribution in [3.05, 3.63) is 0 Å². The van der Waals surface area contributed by atoms with Crippen molar-refractivity contribution in [1.82, 2.24) is 10.6 Å². The largest absolute Gasteiger partial charge is 0.480 e. The normalized spacial score (nSPS) is 14.1. The molecule has 0 aliphatic carbocycles. The highest BCUT2D eigenvalue weighted by Crippen LogP contribution is 1.89. The van der Waals surface area contributed by atoms with Gasteiger partial charge in [-0.3, -0.25) is 14.9 Å². The quantitative estimate of drug-likeness (QED) is 0.151. The predicted molar refractivity (Wildman–Crippen MR) is 66.1 cm³/mol. The molecule has 0 aliphatic heterocycles. The minimum absolute atomic E-state index is 0.218. The molecule has 0 unspecified atom stereocenters. The third-order valence-electron chi connectivity index (χ3n) is 1.75. The minimum atomic E-state index is -0.940. The first-order valence-corrected chi connectivity index (χ1v) is 5.92. The molecule has 0 saturated heterocycles. The van der Waals surface area contributed by atoms with Gasteiger partial charge < -0.3 is 15.2 Å². The number of hydrogen-bond acceptors (Lipinski definition) is 7. The van der Waals surface area contributed by atoms with E-state index in [0.29, 0.717) is 25.3 Å². The molecule has 94 valence electrons. The van der Waals surface area contributed by atoms with Gasteiger partial charge in [0.1, 0.15) is 6.04 Å². The summed E-state index contributed by atoms with van der Waals surface area (Å²) in [5.74, 6) is -0.367. The lowest BCUT2D eigenvalue weighted by molar-refractivity contribution is -0.138. The second kappa shape index (κ2) is 9.76. The van der Waals surface area contributed by atoms with E-state index in [0.717, 1.165) is 0 Å². The lowest BCUT2D eigenvalue weighted by Gasteiger charge is -2.16. The van der Waals surface area contributed by atoms with Crippen molar-refractivity contribution in [2.24, 2.45) is 0 Å². The Labute approximate surface area is 105 Å². The molecule has 0 aromatic rings. The van der Waals surface area contributed by atoms with Crippen LogP contribution >= 0.6 is 25.3 Å². The Bertz CT molecular complexity index is 218. The summed E-state index contributed by atoms with van der Waals surface area (Å²) in [6.45, 7) is 1.25. The Morgan fingerprint density at radius 1 is 1.31 bits per heavy atom. The van der Waals surface area contributed by atoms with Crippen LogP contribution in [-0.4, -0.2) is 54.4 Å². The van der Waals surface area contributed by atoms with Crippen molar-refractivity contribution >= 4 is 37.7 Å². The number of carbonyl (C=O) groups excluding carboxylic acids is 1. The lowest BCUT2D eigenvalue weighted by Crippen LogP contribution is -2.44. The van der Waals surface area contributed by atoms with Crippen LogP contribution in [0.25, 0.3) is 0 Å². The highest BCUT2D eigenvalue weighted by atomic mass is 32.1. The molecule has 0 saturated carbocycles. The first kappa shape index (κ1) is 15.6. The predicted octanol–water partition coefficient (Wildman–Crippen LogP) is -1.02. The molecule has 0 aromatic heterocycles. The second-order valence-electron chi connectivity index (χ2n) is 2.89. The SMILES string of the molecule is O=CO[C@@H](CS)NCCN[C@H](CS)C(=O)O. The third-order valence-corrected chi connectivity index (χ3v) is 2.45. The Balaban J connectivity index is 3.64. The Kier molecular flexibility index (Phi) is 9.49. The number of nitrogens with one attached hydrogen (secondary N) is 2. The minimum Gasteiger partial charge on any atom is -0.480 e. The molecule has 0 bridgehead atoms. The summed E-state index contributed by atoms with van der Waals surface area (Å²) in [5.41, 5.74) is 0. The molecule has 0 fully saturated rings. The summed E-state index contributed by atoms with van der Waals surface area (Å²) in [6, 6.07) is -0.674. The van der Waals surface area contributed by atoms with Crippen LogP contribution in [0.1, 0.15) is 0 Å². The fraction of sp³-hybridized carbons (Fsp3) is 0.750. The number of thiol groups is 2. The molecule has 6 nitrogen and oxygen atoms in total. The number of carboxylic acids is 1. The number of aliphatic carboxylic acids is 1. The van der Waals surface area contributed by atoms with Crippen LogP contribution in [0.5, 0.6) is 0 Å². The van der Waals surface area contributed by atoms with E-state index >= 15 is 0 Å². The van der Waals surface area contributed by atoms with Gasteiger partial charge in [0.15, 0.2) is 6.23 Å². The van der Waals surface area contributed by atoms with E-state index in [4.69, 9.17) is 5.11 Å². The fourth-order valence-electron chi connectivity index (χ4n) is 0.932. The molecular weight excluding hydrogens is 252 g/mol. The summed E-state index contributed by atoms with van der Waals surface area (Å²) in [4.78, 5) is 20.7. The zero-order chi connectivity index (χ0) is 12.4. The number of carboxylic acid groups (broad SMARTS) is 1. The van der Waals surface area contributed by atoms with Crippen molar-refractivity contribution in [3.63, 3.8) is 0 Å². The molecule has 3 N–H and O–H groups in total. The van der Waals surface area contributed by atoms with Crippen LogP contribution in [0.4, 0.5) is 0 Å². The molecular formula is C8H16N2O4S2. The summed E-state index contributed by atoms with van der Waals surface area (Å²) >= 11 is 7.87. The molecule has 0 radical (unpaired) electrons. The van der Waals surface area contributed by atoms with Gasteiger partial charge in [-0.15, -0.1) is 0 Å². The Hall–Kier alpha value is -0.440. The number of rotatable bonds is 10. The standard InChI is InChI=1S/C8H16N2O4S2/c11-5-14-7(4-16)10-2-1-9-6(3-15)8(12)13/h5-7,9-10,15-16H,1-4H2,(H,12,13)/t6-,7+/m1/s1. The van der Waals surface area contributed by atoms with E-state index < -0.39 is 18.2 Å². The van der Waals surface area contributed by atoms with Crippen LogP contribution in [0.2, 0.25) is 0 Å². The second-order valence-corrected chi connectivity index (χ2v) is 3.62. The molecule has 0 spiro atoms. The molecule has 0 amide bonds.